The molecule has 0 amide bonds. The van der Waals surface area contributed by atoms with Crippen LogP contribution in [0.15, 0.2) is 54.9 Å². The number of phenols is 1. The maximum atomic E-state index is 12.4. The highest BCUT2D eigenvalue weighted by Gasteiger charge is 2.31. The number of aromatic hydroxyl groups is 1. The molecular formula is C22H25N5O7P2. The normalized spacial score (nSPS) is 13.4. The van der Waals surface area contributed by atoms with Crippen molar-refractivity contribution < 1.29 is 33.7 Å². The van der Waals surface area contributed by atoms with Gasteiger partial charge in [0.1, 0.15) is 11.7 Å². The van der Waals surface area contributed by atoms with E-state index in [1.807, 2.05) is 17.6 Å². The first-order chi connectivity index (χ1) is 17.0. The van der Waals surface area contributed by atoms with Crippen molar-refractivity contribution in [3.63, 3.8) is 0 Å². The summed E-state index contributed by atoms with van der Waals surface area (Å²) in [6, 6.07) is 12.8. The monoisotopic (exact) mass is 533 g/mol. The van der Waals surface area contributed by atoms with Crippen molar-refractivity contribution in [2.24, 2.45) is 0 Å². The number of fused-ring (bicyclic) bond motifs is 1. The SMILES string of the molecule is CCOc1nc(Nc2ccc(P(=O)(O)CP(=O)(O)O)cc2)c2ncn(CCc3cccc(O)c3)c2n1. The van der Waals surface area contributed by atoms with E-state index in [-0.39, 0.29) is 17.1 Å². The molecule has 0 spiro atoms. The van der Waals surface area contributed by atoms with Gasteiger partial charge in [-0.1, -0.05) is 12.1 Å². The lowest BCUT2D eigenvalue weighted by molar-refractivity contribution is 0.314. The number of hydrogen-bond donors (Lipinski definition) is 5. The van der Waals surface area contributed by atoms with Crippen molar-refractivity contribution in [2.45, 2.75) is 19.9 Å². The van der Waals surface area contributed by atoms with Crippen molar-refractivity contribution in [2.75, 3.05) is 17.8 Å². The quantitative estimate of drug-likeness (QED) is 0.189. The van der Waals surface area contributed by atoms with Crippen molar-refractivity contribution in [1.82, 2.24) is 19.5 Å². The highest BCUT2D eigenvalue weighted by molar-refractivity contribution is 7.77. The van der Waals surface area contributed by atoms with Gasteiger partial charge in [0.05, 0.1) is 12.9 Å². The van der Waals surface area contributed by atoms with Crippen molar-refractivity contribution >= 4 is 42.9 Å². The standard InChI is InChI=1S/C22H25N5O7P2/c1-2-34-22-25-20(24-16-6-8-18(9-7-16)35(29,30)14-36(31,32)33)19-21(26-22)27(13-23-19)11-10-15-4-3-5-17(28)12-15/h3-9,12-13,28H,2,10-11,14H2,1H3,(H,29,30)(H,24,25,26)(H2,31,32,33). The van der Waals surface area contributed by atoms with Gasteiger partial charge in [0.15, 0.2) is 17.0 Å². The third-order valence-corrected chi connectivity index (χ3v) is 9.29. The van der Waals surface area contributed by atoms with Crippen LogP contribution in [0.3, 0.4) is 0 Å². The molecule has 2 aromatic heterocycles. The minimum Gasteiger partial charge on any atom is -0.508 e. The molecular weight excluding hydrogens is 508 g/mol. The lowest BCUT2D eigenvalue weighted by Crippen LogP contribution is -2.08. The fourth-order valence-electron chi connectivity index (χ4n) is 3.58. The van der Waals surface area contributed by atoms with E-state index < -0.39 is 20.9 Å². The Morgan fingerprint density at radius 3 is 2.47 bits per heavy atom. The Morgan fingerprint density at radius 2 is 1.81 bits per heavy atom. The van der Waals surface area contributed by atoms with E-state index in [9.17, 15) is 19.1 Å². The molecule has 0 bridgehead atoms. The van der Waals surface area contributed by atoms with Crippen LogP contribution in [0.5, 0.6) is 11.8 Å². The maximum absolute atomic E-state index is 12.4. The summed E-state index contributed by atoms with van der Waals surface area (Å²) in [5.74, 6) is -0.577. The van der Waals surface area contributed by atoms with Crippen LogP contribution in [0.4, 0.5) is 11.5 Å². The molecule has 1 atom stereocenters. The molecule has 1 unspecified atom stereocenters. The molecule has 190 valence electrons. The predicted molar refractivity (Wildman–Crippen MR) is 134 cm³/mol. The first kappa shape index (κ1) is 25.8. The molecule has 0 radical (unpaired) electrons. The molecule has 0 aliphatic carbocycles. The fourth-order valence-corrected chi connectivity index (χ4v) is 6.84. The summed E-state index contributed by atoms with van der Waals surface area (Å²) in [7, 11) is -8.89. The van der Waals surface area contributed by atoms with Gasteiger partial charge in [-0.15, -0.1) is 0 Å². The van der Waals surface area contributed by atoms with E-state index in [1.54, 1.807) is 24.5 Å². The van der Waals surface area contributed by atoms with Crippen LogP contribution in [0.25, 0.3) is 11.2 Å². The number of aromatic nitrogens is 4. The number of aryl methyl sites for hydroxylation is 2. The molecule has 14 heteroatoms. The molecule has 0 saturated heterocycles. The zero-order valence-corrected chi connectivity index (χ0v) is 21.0. The van der Waals surface area contributed by atoms with E-state index in [1.165, 1.54) is 24.3 Å². The number of phenolic OH excluding ortho intramolecular Hbond substituents is 1. The van der Waals surface area contributed by atoms with E-state index in [0.717, 1.165) is 5.56 Å². The average molecular weight is 533 g/mol. The van der Waals surface area contributed by atoms with Gasteiger partial charge in [0, 0.05) is 17.5 Å². The van der Waals surface area contributed by atoms with E-state index >= 15 is 0 Å². The number of imidazole rings is 1. The summed E-state index contributed by atoms with van der Waals surface area (Å²) < 4.78 is 30.9. The molecule has 12 nitrogen and oxygen atoms in total. The largest absolute Gasteiger partial charge is 0.508 e. The van der Waals surface area contributed by atoms with Gasteiger partial charge in [-0.3, -0.25) is 9.13 Å². The van der Waals surface area contributed by atoms with Gasteiger partial charge >= 0.3 is 13.6 Å². The summed E-state index contributed by atoms with van der Waals surface area (Å²) in [4.78, 5) is 41.5. The minimum atomic E-state index is -4.67. The van der Waals surface area contributed by atoms with Gasteiger partial charge in [-0.2, -0.15) is 9.97 Å². The average Bonchev–Trinajstić information content (AvgIpc) is 3.20. The Kier molecular flexibility index (Phi) is 7.44. The number of rotatable bonds is 10. The Labute approximate surface area is 206 Å². The van der Waals surface area contributed by atoms with Crippen molar-refractivity contribution in [3.8, 4) is 11.8 Å². The summed E-state index contributed by atoms with van der Waals surface area (Å²) in [5, 5.41) is 12.7. The highest BCUT2D eigenvalue weighted by atomic mass is 31.2. The number of nitrogens with one attached hydrogen (secondary N) is 1. The molecule has 36 heavy (non-hydrogen) atoms. The molecule has 4 rings (SSSR count). The molecule has 0 aliphatic heterocycles. The van der Waals surface area contributed by atoms with Crippen LogP contribution in [-0.2, 0) is 22.1 Å². The Hall–Kier alpha value is -3.27. The van der Waals surface area contributed by atoms with Crippen LogP contribution < -0.4 is 15.4 Å². The van der Waals surface area contributed by atoms with Crippen LogP contribution in [-0.4, -0.2) is 51.8 Å². The van der Waals surface area contributed by atoms with Crippen LogP contribution >= 0.6 is 15.0 Å². The first-order valence-electron chi connectivity index (χ1n) is 10.9. The zero-order chi connectivity index (χ0) is 25.9. The Balaban J connectivity index is 1.60. The van der Waals surface area contributed by atoms with Crippen LogP contribution in [0.2, 0.25) is 0 Å². The Morgan fingerprint density at radius 1 is 1.06 bits per heavy atom. The van der Waals surface area contributed by atoms with Crippen LogP contribution in [0.1, 0.15) is 12.5 Å². The number of nitrogens with zero attached hydrogens (tertiary/aromatic N) is 4. The van der Waals surface area contributed by atoms with E-state index in [0.29, 0.717) is 42.2 Å². The van der Waals surface area contributed by atoms with E-state index in [2.05, 4.69) is 20.3 Å². The number of anilines is 2. The molecule has 2 aromatic carbocycles. The number of hydrogen-bond acceptors (Lipinski definition) is 8. The summed E-state index contributed by atoms with van der Waals surface area (Å²) in [6.07, 6.45) is 2.27. The van der Waals surface area contributed by atoms with Gasteiger partial charge in [-0.05, 0) is 55.3 Å². The molecule has 5 N–H and O–H groups in total. The third-order valence-electron chi connectivity index (χ3n) is 5.18. The second-order valence-electron chi connectivity index (χ2n) is 8.00. The third kappa shape index (κ3) is 6.29. The second-order valence-corrected chi connectivity index (χ2v) is 12.4. The topological polar surface area (TPSA) is 180 Å². The minimum absolute atomic E-state index is 0.0737. The fraction of sp³-hybridized carbons (Fsp3) is 0.227. The molecule has 0 saturated carbocycles. The van der Waals surface area contributed by atoms with E-state index in [4.69, 9.17) is 14.5 Å². The molecule has 0 aliphatic rings. The second kappa shape index (κ2) is 10.4. The summed E-state index contributed by atoms with van der Waals surface area (Å²) in [6.45, 7) is 2.70. The van der Waals surface area contributed by atoms with Gasteiger partial charge in [0.25, 0.3) is 0 Å². The lowest BCUT2D eigenvalue weighted by atomic mass is 10.1. The zero-order valence-electron chi connectivity index (χ0n) is 19.2. The predicted octanol–water partition coefficient (Wildman–Crippen LogP) is 2.95. The van der Waals surface area contributed by atoms with Crippen molar-refractivity contribution in [1.29, 1.82) is 0 Å². The van der Waals surface area contributed by atoms with Gasteiger partial charge in [0.2, 0.25) is 7.37 Å². The molecule has 2 heterocycles. The van der Waals surface area contributed by atoms with Gasteiger partial charge < -0.3 is 34.4 Å². The summed E-state index contributed by atoms with van der Waals surface area (Å²) >= 11 is 0. The Bertz CT molecular complexity index is 1470. The lowest BCUT2D eigenvalue weighted by Gasteiger charge is -2.14. The maximum Gasteiger partial charge on any atom is 0.335 e. The van der Waals surface area contributed by atoms with Crippen LogP contribution in [0, 0.1) is 0 Å². The number of benzene rings is 2. The van der Waals surface area contributed by atoms with Crippen molar-refractivity contribution in [3.05, 3.63) is 60.4 Å². The number of ether oxygens (including phenoxy) is 1. The first-order valence-corrected chi connectivity index (χ1v) is 14.6. The highest BCUT2D eigenvalue weighted by Crippen LogP contribution is 2.53. The smallest absolute Gasteiger partial charge is 0.335 e. The summed E-state index contributed by atoms with van der Waals surface area (Å²) in [5.41, 5.74) is 2.47. The molecule has 0 fully saturated rings. The molecule has 4 aromatic rings. The van der Waals surface area contributed by atoms with Gasteiger partial charge in [-0.25, -0.2) is 4.98 Å².